The predicted octanol–water partition coefficient (Wildman–Crippen LogP) is 3.09. The van der Waals surface area contributed by atoms with Crippen LogP contribution in [0.2, 0.25) is 0 Å². The third kappa shape index (κ3) is 2.69. The molecule has 0 N–H and O–H groups in total. The molecular formula is C15H18FN3S. The third-order valence-electron chi connectivity index (χ3n) is 3.80. The van der Waals surface area contributed by atoms with E-state index in [9.17, 15) is 4.39 Å². The number of nitrogens with zero attached hydrogens (tertiary/aromatic N) is 3. The summed E-state index contributed by atoms with van der Waals surface area (Å²) in [4.78, 5) is 9.30. The standard InChI is InChI=1S/C15H18FN3S/c1-18(2)13-7-8-19(9-13)15-17-14(10-20-15)11-3-5-12(16)6-4-11/h3-6,10,13H,7-9H2,1-2H3. The molecule has 0 radical (unpaired) electrons. The van der Waals surface area contributed by atoms with Gasteiger partial charge in [0, 0.05) is 30.1 Å². The molecule has 0 aliphatic carbocycles. The molecule has 0 spiro atoms. The molecule has 1 aromatic heterocycles. The van der Waals surface area contributed by atoms with E-state index in [4.69, 9.17) is 0 Å². The minimum absolute atomic E-state index is 0.211. The van der Waals surface area contributed by atoms with Gasteiger partial charge in [-0.15, -0.1) is 11.3 Å². The Labute approximate surface area is 122 Å². The number of halogens is 1. The molecule has 2 aromatic rings. The van der Waals surface area contributed by atoms with Gasteiger partial charge in [0.15, 0.2) is 5.13 Å². The molecule has 1 atom stereocenters. The van der Waals surface area contributed by atoms with Crippen LogP contribution in [0.5, 0.6) is 0 Å². The van der Waals surface area contributed by atoms with Crippen molar-refractivity contribution in [3.8, 4) is 11.3 Å². The maximum absolute atomic E-state index is 12.9. The van der Waals surface area contributed by atoms with Gasteiger partial charge in [0.2, 0.25) is 0 Å². The van der Waals surface area contributed by atoms with Gasteiger partial charge in [-0.05, 0) is 44.8 Å². The Bertz CT molecular complexity index is 579. The lowest BCUT2D eigenvalue weighted by Crippen LogP contribution is -2.31. The summed E-state index contributed by atoms with van der Waals surface area (Å²) in [5.41, 5.74) is 1.90. The molecule has 0 bridgehead atoms. The van der Waals surface area contributed by atoms with E-state index >= 15 is 0 Å². The Balaban J connectivity index is 1.76. The minimum atomic E-state index is -0.211. The number of hydrogen-bond acceptors (Lipinski definition) is 4. The van der Waals surface area contributed by atoms with E-state index in [1.54, 1.807) is 23.5 Å². The normalized spacial score (nSPS) is 19.0. The van der Waals surface area contributed by atoms with Crippen molar-refractivity contribution in [1.29, 1.82) is 0 Å². The van der Waals surface area contributed by atoms with Gasteiger partial charge in [-0.25, -0.2) is 9.37 Å². The number of rotatable bonds is 3. The number of hydrogen-bond donors (Lipinski definition) is 0. The van der Waals surface area contributed by atoms with Gasteiger partial charge >= 0.3 is 0 Å². The Morgan fingerprint density at radius 2 is 2.05 bits per heavy atom. The Hall–Kier alpha value is -1.46. The van der Waals surface area contributed by atoms with Gasteiger partial charge in [-0.2, -0.15) is 0 Å². The van der Waals surface area contributed by atoms with Gasteiger partial charge < -0.3 is 9.80 Å². The zero-order valence-corrected chi connectivity index (χ0v) is 12.5. The first kappa shape index (κ1) is 13.5. The zero-order chi connectivity index (χ0) is 14.1. The second-order valence-electron chi connectivity index (χ2n) is 5.37. The summed E-state index contributed by atoms with van der Waals surface area (Å²) in [5, 5.41) is 3.11. The molecule has 0 saturated carbocycles. The quantitative estimate of drug-likeness (QED) is 0.866. The summed E-state index contributed by atoms with van der Waals surface area (Å²) in [5.74, 6) is -0.211. The molecule has 1 unspecified atom stereocenters. The molecule has 20 heavy (non-hydrogen) atoms. The highest BCUT2D eigenvalue weighted by molar-refractivity contribution is 7.14. The van der Waals surface area contributed by atoms with Gasteiger partial charge in [0.1, 0.15) is 5.82 Å². The first-order chi connectivity index (χ1) is 9.63. The molecule has 3 rings (SSSR count). The van der Waals surface area contributed by atoms with Gasteiger partial charge in [-0.3, -0.25) is 0 Å². The van der Waals surface area contributed by atoms with Gasteiger partial charge in [-0.1, -0.05) is 0 Å². The van der Waals surface area contributed by atoms with Crippen LogP contribution in [0, 0.1) is 5.82 Å². The summed E-state index contributed by atoms with van der Waals surface area (Å²) in [6.45, 7) is 2.09. The van der Waals surface area contributed by atoms with Crippen LogP contribution < -0.4 is 4.90 Å². The fraction of sp³-hybridized carbons (Fsp3) is 0.400. The molecule has 1 aromatic carbocycles. The average Bonchev–Trinajstić information content (AvgIpc) is 3.08. The van der Waals surface area contributed by atoms with E-state index in [0.29, 0.717) is 6.04 Å². The summed E-state index contributed by atoms with van der Waals surface area (Å²) in [6, 6.07) is 7.12. The topological polar surface area (TPSA) is 19.4 Å². The van der Waals surface area contributed by atoms with Crippen LogP contribution >= 0.6 is 11.3 Å². The molecule has 1 fully saturated rings. The molecular weight excluding hydrogens is 273 g/mol. The third-order valence-corrected chi connectivity index (χ3v) is 4.70. The number of anilines is 1. The fourth-order valence-corrected chi connectivity index (χ4v) is 3.37. The van der Waals surface area contributed by atoms with Crippen LogP contribution in [-0.2, 0) is 0 Å². The lowest BCUT2D eigenvalue weighted by atomic mass is 10.2. The number of aromatic nitrogens is 1. The maximum Gasteiger partial charge on any atom is 0.185 e. The van der Waals surface area contributed by atoms with Gasteiger partial charge in [0.25, 0.3) is 0 Å². The smallest absolute Gasteiger partial charge is 0.185 e. The van der Waals surface area contributed by atoms with Gasteiger partial charge in [0.05, 0.1) is 5.69 Å². The maximum atomic E-state index is 12.9. The fourth-order valence-electron chi connectivity index (χ4n) is 2.50. The zero-order valence-electron chi connectivity index (χ0n) is 11.7. The summed E-state index contributed by atoms with van der Waals surface area (Å²) >= 11 is 1.66. The van der Waals surface area contributed by atoms with Crippen molar-refractivity contribution >= 4 is 16.5 Å². The highest BCUT2D eigenvalue weighted by atomic mass is 32.1. The molecule has 1 saturated heterocycles. The van der Waals surface area contributed by atoms with E-state index in [2.05, 4.69) is 28.9 Å². The first-order valence-electron chi connectivity index (χ1n) is 6.76. The lowest BCUT2D eigenvalue weighted by Gasteiger charge is -2.19. The first-order valence-corrected chi connectivity index (χ1v) is 7.64. The van der Waals surface area contributed by atoms with E-state index in [1.807, 2.05) is 5.38 Å². The monoisotopic (exact) mass is 291 g/mol. The second-order valence-corrected chi connectivity index (χ2v) is 6.21. The van der Waals surface area contributed by atoms with Crippen molar-refractivity contribution in [3.63, 3.8) is 0 Å². The van der Waals surface area contributed by atoms with Crippen LogP contribution in [0.1, 0.15) is 6.42 Å². The molecule has 1 aliphatic heterocycles. The lowest BCUT2D eigenvalue weighted by molar-refractivity contribution is 0.315. The Morgan fingerprint density at radius 3 is 2.70 bits per heavy atom. The minimum Gasteiger partial charge on any atom is -0.346 e. The SMILES string of the molecule is CN(C)C1CCN(c2nc(-c3ccc(F)cc3)cs2)C1. The predicted molar refractivity (Wildman–Crippen MR) is 81.8 cm³/mol. The van der Waals surface area contributed by atoms with E-state index < -0.39 is 0 Å². The van der Waals surface area contributed by atoms with E-state index in [-0.39, 0.29) is 5.82 Å². The summed E-state index contributed by atoms with van der Waals surface area (Å²) in [7, 11) is 4.25. The van der Waals surface area contributed by atoms with Crippen molar-refractivity contribution in [2.75, 3.05) is 32.1 Å². The Morgan fingerprint density at radius 1 is 1.30 bits per heavy atom. The van der Waals surface area contributed by atoms with Crippen molar-refractivity contribution in [2.45, 2.75) is 12.5 Å². The number of thiazole rings is 1. The highest BCUT2D eigenvalue weighted by Gasteiger charge is 2.25. The van der Waals surface area contributed by atoms with Crippen LogP contribution in [0.15, 0.2) is 29.6 Å². The van der Waals surface area contributed by atoms with Crippen LogP contribution in [0.25, 0.3) is 11.3 Å². The van der Waals surface area contributed by atoms with Crippen LogP contribution in [-0.4, -0.2) is 43.1 Å². The summed E-state index contributed by atoms with van der Waals surface area (Å²) < 4.78 is 12.9. The molecule has 1 aliphatic rings. The van der Waals surface area contributed by atoms with E-state index in [0.717, 1.165) is 29.5 Å². The average molecular weight is 291 g/mol. The number of likely N-dealkylation sites (N-methyl/N-ethyl adjacent to an activating group) is 1. The largest absolute Gasteiger partial charge is 0.346 e. The molecule has 5 heteroatoms. The van der Waals surface area contributed by atoms with Crippen molar-refractivity contribution < 1.29 is 4.39 Å². The van der Waals surface area contributed by atoms with Crippen LogP contribution in [0.3, 0.4) is 0 Å². The van der Waals surface area contributed by atoms with Crippen LogP contribution in [0.4, 0.5) is 9.52 Å². The molecule has 0 amide bonds. The Kier molecular flexibility index (Phi) is 3.72. The molecule has 3 nitrogen and oxygen atoms in total. The molecule has 2 heterocycles. The van der Waals surface area contributed by atoms with E-state index in [1.165, 1.54) is 18.6 Å². The number of benzene rings is 1. The van der Waals surface area contributed by atoms with Crippen molar-refractivity contribution in [3.05, 3.63) is 35.5 Å². The van der Waals surface area contributed by atoms with Crippen molar-refractivity contribution in [2.24, 2.45) is 0 Å². The summed E-state index contributed by atoms with van der Waals surface area (Å²) in [6.07, 6.45) is 1.18. The second kappa shape index (κ2) is 5.50. The van der Waals surface area contributed by atoms with Crippen molar-refractivity contribution in [1.82, 2.24) is 9.88 Å². The highest BCUT2D eigenvalue weighted by Crippen LogP contribution is 2.30. The molecule has 106 valence electrons.